The first-order chi connectivity index (χ1) is 8.58. The Morgan fingerprint density at radius 1 is 1.56 bits per heavy atom. The Hall–Kier alpha value is 0.230. The molecule has 3 atom stereocenters. The third-order valence-electron chi connectivity index (χ3n) is 4.35. The maximum atomic E-state index is 10.7. The van der Waals surface area contributed by atoms with Gasteiger partial charge in [0.05, 0.1) is 11.2 Å². The molecule has 2 fully saturated rings. The fourth-order valence-corrected chi connectivity index (χ4v) is 4.46. The number of rotatable bonds is 5. The van der Waals surface area contributed by atoms with Crippen LogP contribution in [0.5, 0.6) is 0 Å². The molecule has 2 heterocycles. The molecule has 0 aromatic heterocycles. The zero-order chi connectivity index (χ0) is 13.1. The van der Waals surface area contributed by atoms with Crippen molar-refractivity contribution in [3.05, 3.63) is 0 Å². The summed E-state index contributed by atoms with van der Waals surface area (Å²) in [7, 11) is 0. The van der Waals surface area contributed by atoms with E-state index in [2.05, 4.69) is 12.2 Å². The molecule has 2 aliphatic heterocycles. The lowest BCUT2D eigenvalue weighted by Gasteiger charge is -2.43. The Bertz CT molecular complexity index is 265. The van der Waals surface area contributed by atoms with Gasteiger partial charge in [-0.1, -0.05) is 6.92 Å². The highest BCUT2D eigenvalue weighted by molar-refractivity contribution is 7.99. The van der Waals surface area contributed by atoms with Gasteiger partial charge in [-0.25, -0.2) is 0 Å². The second kappa shape index (κ2) is 6.12. The second-order valence-electron chi connectivity index (χ2n) is 6.06. The molecule has 18 heavy (non-hydrogen) atoms. The quantitative estimate of drug-likeness (QED) is 0.752. The summed E-state index contributed by atoms with van der Waals surface area (Å²) in [5, 5.41) is 14.0. The van der Waals surface area contributed by atoms with Gasteiger partial charge in [-0.15, -0.1) is 0 Å². The maximum Gasteiger partial charge on any atom is 0.0784 e. The van der Waals surface area contributed by atoms with Gasteiger partial charge in [0.15, 0.2) is 0 Å². The lowest BCUT2D eigenvalue weighted by Crippen LogP contribution is -2.51. The summed E-state index contributed by atoms with van der Waals surface area (Å²) in [6, 6.07) is 0. The summed E-state index contributed by atoms with van der Waals surface area (Å²) in [6.07, 6.45) is 4.30. The van der Waals surface area contributed by atoms with Crippen molar-refractivity contribution in [2.75, 3.05) is 31.2 Å². The van der Waals surface area contributed by atoms with Gasteiger partial charge in [0, 0.05) is 18.9 Å². The van der Waals surface area contributed by atoms with Crippen molar-refractivity contribution in [1.29, 1.82) is 0 Å². The van der Waals surface area contributed by atoms with Gasteiger partial charge in [0.25, 0.3) is 0 Å². The first kappa shape index (κ1) is 14.6. The van der Waals surface area contributed by atoms with E-state index in [0.717, 1.165) is 44.6 Å². The molecule has 0 aromatic carbocycles. The minimum absolute atomic E-state index is 0.0718. The molecule has 3 unspecified atom stereocenters. The van der Waals surface area contributed by atoms with Crippen LogP contribution in [0.1, 0.15) is 39.5 Å². The Morgan fingerprint density at radius 3 is 3.06 bits per heavy atom. The molecule has 2 N–H and O–H groups in total. The van der Waals surface area contributed by atoms with Crippen LogP contribution >= 0.6 is 11.8 Å². The number of aliphatic hydroxyl groups is 1. The molecular formula is C14H27NO2S. The fraction of sp³-hybridized carbons (Fsp3) is 1.00. The highest BCUT2D eigenvalue weighted by atomic mass is 32.2. The van der Waals surface area contributed by atoms with Crippen LogP contribution in [0.3, 0.4) is 0 Å². The van der Waals surface area contributed by atoms with E-state index >= 15 is 0 Å². The molecular weight excluding hydrogens is 246 g/mol. The summed E-state index contributed by atoms with van der Waals surface area (Å²) >= 11 is 1.99. The number of hydrogen-bond acceptors (Lipinski definition) is 4. The standard InChI is InChI=1S/C14H27NO2S/c1-3-6-15-10-13(2,16)12-4-7-17-14(9-12)5-8-18-11-14/h12,15-16H,3-11H2,1-2H3. The van der Waals surface area contributed by atoms with Crippen molar-refractivity contribution in [3.8, 4) is 0 Å². The molecule has 1 spiro atoms. The normalized spacial score (nSPS) is 35.8. The van der Waals surface area contributed by atoms with E-state index in [0.29, 0.717) is 12.5 Å². The summed E-state index contributed by atoms with van der Waals surface area (Å²) in [5.74, 6) is 2.69. The second-order valence-corrected chi connectivity index (χ2v) is 7.16. The van der Waals surface area contributed by atoms with Crippen LogP contribution in [0.25, 0.3) is 0 Å². The number of nitrogens with one attached hydrogen (secondary N) is 1. The van der Waals surface area contributed by atoms with Crippen molar-refractivity contribution >= 4 is 11.8 Å². The van der Waals surface area contributed by atoms with Crippen molar-refractivity contribution in [1.82, 2.24) is 5.32 Å². The van der Waals surface area contributed by atoms with Crippen molar-refractivity contribution in [2.24, 2.45) is 5.92 Å². The number of hydrogen-bond donors (Lipinski definition) is 2. The Kier molecular flexibility index (Phi) is 4.98. The summed E-state index contributed by atoms with van der Waals surface area (Å²) < 4.78 is 6.03. The van der Waals surface area contributed by atoms with Crippen LogP contribution in [-0.2, 0) is 4.74 Å². The van der Waals surface area contributed by atoms with Gasteiger partial charge in [0.1, 0.15) is 0 Å². The minimum Gasteiger partial charge on any atom is -0.389 e. The fourth-order valence-electron chi connectivity index (χ4n) is 3.08. The summed E-state index contributed by atoms with van der Waals surface area (Å²) in [6.45, 7) is 6.65. The third-order valence-corrected chi connectivity index (χ3v) is 5.57. The lowest BCUT2D eigenvalue weighted by molar-refractivity contribution is -0.125. The van der Waals surface area contributed by atoms with Crippen LogP contribution in [0, 0.1) is 5.92 Å². The topological polar surface area (TPSA) is 41.5 Å². The monoisotopic (exact) mass is 273 g/mol. The molecule has 0 aliphatic carbocycles. The van der Waals surface area contributed by atoms with Crippen LogP contribution in [-0.4, -0.2) is 47.5 Å². The van der Waals surface area contributed by atoms with Gasteiger partial charge < -0.3 is 15.2 Å². The predicted molar refractivity (Wildman–Crippen MR) is 77.1 cm³/mol. The molecule has 0 bridgehead atoms. The van der Waals surface area contributed by atoms with Gasteiger partial charge in [-0.3, -0.25) is 0 Å². The van der Waals surface area contributed by atoms with Crippen LogP contribution < -0.4 is 5.32 Å². The van der Waals surface area contributed by atoms with E-state index in [9.17, 15) is 5.11 Å². The number of ether oxygens (including phenoxy) is 1. The van der Waals surface area contributed by atoms with Gasteiger partial charge >= 0.3 is 0 Å². The van der Waals surface area contributed by atoms with Gasteiger partial charge in [-0.05, 0) is 50.8 Å². The summed E-state index contributed by atoms with van der Waals surface area (Å²) in [4.78, 5) is 0. The zero-order valence-corrected chi connectivity index (χ0v) is 12.5. The number of thioether (sulfide) groups is 1. The van der Waals surface area contributed by atoms with E-state index in [1.54, 1.807) is 0 Å². The Labute approximate surface area is 115 Å². The van der Waals surface area contributed by atoms with E-state index in [1.807, 2.05) is 18.7 Å². The maximum absolute atomic E-state index is 10.7. The molecule has 4 heteroatoms. The predicted octanol–water partition coefficient (Wildman–Crippen LogP) is 2.04. The Balaban J connectivity index is 1.90. The summed E-state index contributed by atoms with van der Waals surface area (Å²) in [5.41, 5.74) is -0.526. The van der Waals surface area contributed by atoms with Crippen LogP contribution in [0.4, 0.5) is 0 Å². The minimum atomic E-state index is -0.598. The van der Waals surface area contributed by atoms with Gasteiger partial charge in [-0.2, -0.15) is 11.8 Å². The average Bonchev–Trinajstić information content (AvgIpc) is 2.77. The van der Waals surface area contributed by atoms with E-state index < -0.39 is 5.60 Å². The molecule has 2 saturated heterocycles. The highest BCUT2D eigenvalue weighted by Gasteiger charge is 2.45. The zero-order valence-electron chi connectivity index (χ0n) is 11.7. The first-order valence-electron chi connectivity index (χ1n) is 7.23. The molecule has 0 radical (unpaired) electrons. The largest absolute Gasteiger partial charge is 0.389 e. The average molecular weight is 273 g/mol. The van der Waals surface area contributed by atoms with E-state index in [1.165, 1.54) is 5.75 Å². The van der Waals surface area contributed by atoms with Crippen molar-refractivity contribution in [2.45, 2.75) is 50.7 Å². The van der Waals surface area contributed by atoms with Crippen LogP contribution in [0.15, 0.2) is 0 Å². The first-order valence-corrected chi connectivity index (χ1v) is 8.38. The van der Waals surface area contributed by atoms with Crippen LogP contribution in [0.2, 0.25) is 0 Å². The lowest BCUT2D eigenvalue weighted by atomic mass is 9.76. The molecule has 0 amide bonds. The molecule has 2 rings (SSSR count). The smallest absolute Gasteiger partial charge is 0.0784 e. The van der Waals surface area contributed by atoms with Crippen molar-refractivity contribution < 1.29 is 9.84 Å². The SMILES string of the molecule is CCCNCC(C)(O)C1CCOC2(CCSC2)C1. The molecule has 2 aliphatic rings. The third kappa shape index (κ3) is 3.41. The van der Waals surface area contributed by atoms with E-state index in [-0.39, 0.29) is 5.60 Å². The van der Waals surface area contributed by atoms with E-state index in [4.69, 9.17) is 4.74 Å². The highest BCUT2D eigenvalue weighted by Crippen LogP contribution is 2.43. The molecule has 3 nitrogen and oxygen atoms in total. The van der Waals surface area contributed by atoms with Gasteiger partial charge in [0.2, 0.25) is 0 Å². The molecule has 106 valence electrons. The Morgan fingerprint density at radius 2 is 2.39 bits per heavy atom. The van der Waals surface area contributed by atoms with Crippen molar-refractivity contribution in [3.63, 3.8) is 0 Å². The molecule has 0 aromatic rings. The molecule has 0 saturated carbocycles.